The molecule has 1 aromatic rings. The highest BCUT2D eigenvalue weighted by Gasteiger charge is 2.11. The van der Waals surface area contributed by atoms with Crippen molar-refractivity contribution in [1.82, 2.24) is 10.3 Å². The first-order valence-electron chi connectivity index (χ1n) is 8.45. The number of rotatable bonds is 8. The Kier molecular flexibility index (Phi) is 7.36. The summed E-state index contributed by atoms with van der Waals surface area (Å²) in [4.78, 5) is 4.37. The summed E-state index contributed by atoms with van der Waals surface area (Å²) in [5, 5.41) is 7.04. The topological polar surface area (TPSA) is 46.2 Å². The van der Waals surface area contributed by atoms with Crippen LogP contribution in [0.4, 0.5) is 5.82 Å². The Bertz CT molecular complexity index is 389. The molecule has 21 heavy (non-hydrogen) atoms. The second kappa shape index (κ2) is 9.61. The lowest BCUT2D eigenvalue weighted by Crippen LogP contribution is -2.32. The SMILES string of the molecule is CCCOc1cccnc1NCCNC1CCCCCC1. The third-order valence-electron chi connectivity index (χ3n) is 3.94. The largest absolute Gasteiger partial charge is 0.490 e. The molecule has 118 valence electrons. The fourth-order valence-corrected chi connectivity index (χ4v) is 2.79. The summed E-state index contributed by atoms with van der Waals surface area (Å²) in [7, 11) is 0. The summed E-state index contributed by atoms with van der Waals surface area (Å²) in [6.07, 6.45) is 11.0. The standard InChI is InChI=1S/C17H29N3O/c1-2-14-21-16-10-7-11-19-17(16)20-13-12-18-15-8-5-3-4-6-9-15/h7,10-11,15,18H,2-6,8-9,12-14H2,1H3,(H,19,20). The van der Waals surface area contributed by atoms with Crippen molar-refractivity contribution in [3.63, 3.8) is 0 Å². The van der Waals surface area contributed by atoms with E-state index in [1.165, 1.54) is 38.5 Å². The van der Waals surface area contributed by atoms with Crippen molar-refractivity contribution < 1.29 is 4.74 Å². The fraction of sp³-hybridized carbons (Fsp3) is 0.706. The van der Waals surface area contributed by atoms with E-state index in [0.717, 1.165) is 37.7 Å². The number of anilines is 1. The molecule has 0 bridgehead atoms. The Morgan fingerprint density at radius 1 is 1.19 bits per heavy atom. The van der Waals surface area contributed by atoms with E-state index in [1.807, 2.05) is 12.1 Å². The van der Waals surface area contributed by atoms with E-state index in [0.29, 0.717) is 6.04 Å². The summed E-state index contributed by atoms with van der Waals surface area (Å²) in [5.41, 5.74) is 0. The van der Waals surface area contributed by atoms with E-state index < -0.39 is 0 Å². The van der Waals surface area contributed by atoms with Crippen LogP contribution >= 0.6 is 0 Å². The third-order valence-corrected chi connectivity index (χ3v) is 3.94. The molecule has 1 fully saturated rings. The van der Waals surface area contributed by atoms with E-state index in [1.54, 1.807) is 6.20 Å². The number of nitrogens with one attached hydrogen (secondary N) is 2. The molecule has 0 aliphatic heterocycles. The number of aromatic nitrogens is 1. The van der Waals surface area contributed by atoms with Crippen LogP contribution in [0.25, 0.3) is 0 Å². The molecule has 0 aromatic carbocycles. The molecular weight excluding hydrogens is 262 g/mol. The molecule has 0 radical (unpaired) electrons. The molecule has 1 aromatic heterocycles. The van der Waals surface area contributed by atoms with Crippen LogP contribution in [-0.2, 0) is 0 Å². The van der Waals surface area contributed by atoms with E-state index >= 15 is 0 Å². The van der Waals surface area contributed by atoms with Gasteiger partial charge in [0.1, 0.15) is 0 Å². The summed E-state index contributed by atoms with van der Waals surface area (Å²) >= 11 is 0. The van der Waals surface area contributed by atoms with Crippen LogP contribution in [0.15, 0.2) is 18.3 Å². The van der Waals surface area contributed by atoms with Crippen molar-refractivity contribution in [2.75, 3.05) is 25.0 Å². The van der Waals surface area contributed by atoms with Crippen LogP contribution in [0, 0.1) is 0 Å². The van der Waals surface area contributed by atoms with Crippen molar-refractivity contribution in [3.8, 4) is 5.75 Å². The number of pyridine rings is 1. The monoisotopic (exact) mass is 291 g/mol. The van der Waals surface area contributed by atoms with Gasteiger partial charge in [-0.25, -0.2) is 4.98 Å². The fourth-order valence-electron chi connectivity index (χ4n) is 2.79. The van der Waals surface area contributed by atoms with Crippen molar-refractivity contribution in [2.45, 2.75) is 57.9 Å². The summed E-state index contributed by atoms with van der Waals surface area (Å²) in [6, 6.07) is 4.60. The zero-order chi connectivity index (χ0) is 14.8. The molecule has 1 aliphatic rings. The van der Waals surface area contributed by atoms with Gasteiger partial charge in [0.25, 0.3) is 0 Å². The lowest BCUT2D eigenvalue weighted by Gasteiger charge is -2.17. The highest BCUT2D eigenvalue weighted by Crippen LogP contribution is 2.20. The average Bonchev–Trinajstić information content (AvgIpc) is 2.79. The van der Waals surface area contributed by atoms with Gasteiger partial charge in [0, 0.05) is 25.3 Å². The zero-order valence-corrected chi connectivity index (χ0v) is 13.2. The Morgan fingerprint density at radius 2 is 2.00 bits per heavy atom. The molecule has 0 spiro atoms. The summed E-state index contributed by atoms with van der Waals surface area (Å²) in [5.74, 6) is 1.71. The van der Waals surface area contributed by atoms with Crippen molar-refractivity contribution in [1.29, 1.82) is 0 Å². The first-order valence-corrected chi connectivity index (χ1v) is 8.45. The third kappa shape index (κ3) is 5.92. The second-order valence-corrected chi connectivity index (χ2v) is 5.77. The van der Waals surface area contributed by atoms with Crippen LogP contribution in [0.2, 0.25) is 0 Å². The Hall–Kier alpha value is -1.29. The Labute approximate surface area is 128 Å². The molecular formula is C17H29N3O. The first kappa shape index (κ1) is 16.1. The zero-order valence-electron chi connectivity index (χ0n) is 13.2. The smallest absolute Gasteiger partial charge is 0.168 e. The van der Waals surface area contributed by atoms with Crippen LogP contribution in [0.1, 0.15) is 51.9 Å². The summed E-state index contributed by atoms with van der Waals surface area (Å²) in [6.45, 7) is 4.71. The Morgan fingerprint density at radius 3 is 2.76 bits per heavy atom. The van der Waals surface area contributed by atoms with E-state index in [2.05, 4.69) is 22.5 Å². The van der Waals surface area contributed by atoms with Crippen molar-refractivity contribution >= 4 is 5.82 Å². The molecule has 0 unspecified atom stereocenters. The molecule has 4 nitrogen and oxygen atoms in total. The molecule has 0 saturated heterocycles. The predicted octanol–water partition coefficient (Wildman–Crippen LogP) is 3.59. The molecule has 1 heterocycles. The van der Waals surface area contributed by atoms with E-state index in [4.69, 9.17) is 4.74 Å². The predicted molar refractivity (Wildman–Crippen MR) is 88.0 cm³/mol. The minimum atomic E-state index is 0.703. The second-order valence-electron chi connectivity index (χ2n) is 5.77. The lowest BCUT2D eigenvalue weighted by molar-refractivity contribution is 0.317. The Balaban J connectivity index is 1.70. The van der Waals surface area contributed by atoms with Gasteiger partial charge in [-0.2, -0.15) is 0 Å². The molecule has 1 saturated carbocycles. The van der Waals surface area contributed by atoms with Crippen molar-refractivity contribution in [3.05, 3.63) is 18.3 Å². The normalized spacial score (nSPS) is 16.4. The van der Waals surface area contributed by atoms with Crippen molar-refractivity contribution in [2.24, 2.45) is 0 Å². The molecule has 2 rings (SSSR count). The molecule has 4 heteroatoms. The minimum absolute atomic E-state index is 0.703. The van der Waals surface area contributed by atoms with Gasteiger partial charge in [0.15, 0.2) is 11.6 Å². The molecule has 0 amide bonds. The molecule has 2 N–H and O–H groups in total. The summed E-state index contributed by atoms with van der Waals surface area (Å²) < 4.78 is 5.70. The number of nitrogens with zero attached hydrogens (tertiary/aromatic N) is 1. The van der Waals surface area contributed by atoms with E-state index in [9.17, 15) is 0 Å². The first-order chi connectivity index (χ1) is 10.4. The van der Waals surface area contributed by atoms with Gasteiger partial charge in [-0.3, -0.25) is 0 Å². The molecule has 1 aliphatic carbocycles. The van der Waals surface area contributed by atoms with Crippen LogP contribution in [0.3, 0.4) is 0 Å². The lowest BCUT2D eigenvalue weighted by atomic mass is 10.1. The quantitative estimate of drug-likeness (QED) is 0.567. The van der Waals surface area contributed by atoms with Crippen LogP contribution < -0.4 is 15.4 Å². The van der Waals surface area contributed by atoms with Gasteiger partial charge in [-0.05, 0) is 31.4 Å². The van der Waals surface area contributed by atoms with Gasteiger partial charge in [0.2, 0.25) is 0 Å². The minimum Gasteiger partial charge on any atom is -0.490 e. The van der Waals surface area contributed by atoms with Gasteiger partial charge in [-0.1, -0.05) is 32.6 Å². The van der Waals surface area contributed by atoms with Crippen LogP contribution in [0.5, 0.6) is 5.75 Å². The van der Waals surface area contributed by atoms with Gasteiger partial charge < -0.3 is 15.4 Å². The highest BCUT2D eigenvalue weighted by atomic mass is 16.5. The number of hydrogen-bond acceptors (Lipinski definition) is 4. The number of ether oxygens (including phenoxy) is 1. The van der Waals surface area contributed by atoms with Gasteiger partial charge >= 0.3 is 0 Å². The van der Waals surface area contributed by atoms with Crippen LogP contribution in [-0.4, -0.2) is 30.7 Å². The average molecular weight is 291 g/mol. The van der Waals surface area contributed by atoms with Gasteiger partial charge in [0.05, 0.1) is 6.61 Å². The highest BCUT2D eigenvalue weighted by molar-refractivity contribution is 5.49. The van der Waals surface area contributed by atoms with Gasteiger partial charge in [-0.15, -0.1) is 0 Å². The molecule has 0 atom stereocenters. The van der Waals surface area contributed by atoms with E-state index in [-0.39, 0.29) is 0 Å². The maximum atomic E-state index is 5.70. The maximum Gasteiger partial charge on any atom is 0.168 e. The maximum absolute atomic E-state index is 5.70. The number of hydrogen-bond donors (Lipinski definition) is 2.